The maximum Gasteiger partial charge on any atom is 0.246 e. The molecule has 1 aromatic carbocycles. The topological polar surface area (TPSA) is 55.4 Å². The van der Waals surface area contributed by atoms with E-state index in [1.165, 1.54) is 18.4 Å². The van der Waals surface area contributed by atoms with Crippen LogP contribution in [0, 0.1) is 11.6 Å². The number of ether oxygens (including phenoxy) is 1. The zero-order chi connectivity index (χ0) is 16.3. The number of nitrogens with one attached hydrogen (secondary N) is 1. The fraction of sp³-hybridized carbons (Fsp3) is 0.231. The second-order valence-corrected chi connectivity index (χ2v) is 7.72. The lowest BCUT2D eigenvalue weighted by Gasteiger charge is -2.15. The highest BCUT2D eigenvalue weighted by Crippen LogP contribution is 2.28. The molecule has 9 heteroatoms. The van der Waals surface area contributed by atoms with Crippen molar-refractivity contribution in [2.24, 2.45) is 0 Å². The fourth-order valence-corrected chi connectivity index (χ4v) is 4.10. The van der Waals surface area contributed by atoms with E-state index in [9.17, 15) is 17.2 Å². The van der Waals surface area contributed by atoms with E-state index >= 15 is 0 Å². The molecule has 120 valence electrons. The lowest BCUT2D eigenvalue weighted by Crippen LogP contribution is -2.30. The van der Waals surface area contributed by atoms with Crippen molar-refractivity contribution < 1.29 is 21.9 Å². The third-order valence-electron chi connectivity index (χ3n) is 2.84. The first-order valence-electron chi connectivity index (χ1n) is 6.07. The van der Waals surface area contributed by atoms with E-state index in [1.807, 2.05) is 0 Å². The number of hydrogen-bond donors (Lipinski definition) is 1. The van der Waals surface area contributed by atoms with Crippen LogP contribution in [0.3, 0.4) is 0 Å². The first-order chi connectivity index (χ1) is 10.3. The minimum atomic E-state index is -4.34. The molecule has 0 saturated carbocycles. The summed E-state index contributed by atoms with van der Waals surface area (Å²) in [5.74, 6) is -2.30. The summed E-state index contributed by atoms with van der Waals surface area (Å²) in [5, 5.41) is 0. The monoisotopic (exact) mass is 367 g/mol. The Labute approximate surface area is 135 Å². The van der Waals surface area contributed by atoms with Crippen molar-refractivity contribution in [3.05, 3.63) is 51.2 Å². The van der Waals surface area contributed by atoms with E-state index in [2.05, 4.69) is 4.72 Å². The van der Waals surface area contributed by atoms with Gasteiger partial charge < -0.3 is 4.74 Å². The van der Waals surface area contributed by atoms with Gasteiger partial charge in [-0.2, -0.15) is 0 Å². The highest BCUT2D eigenvalue weighted by atomic mass is 35.5. The summed E-state index contributed by atoms with van der Waals surface area (Å²) < 4.78 is 59.1. The number of methoxy groups -OCH3 is 1. The normalized spacial score (nSPS) is 13.3. The van der Waals surface area contributed by atoms with Gasteiger partial charge in [-0.05, 0) is 24.3 Å². The zero-order valence-corrected chi connectivity index (χ0v) is 13.7. The second kappa shape index (κ2) is 7.01. The summed E-state index contributed by atoms with van der Waals surface area (Å²) in [5.41, 5.74) is 0. The number of hydrogen-bond acceptors (Lipinski definition) is 4. The fourth-order valence-electron chi connectivity index (χ4n) is 1.80. The van der Waals surface area contributed by atoms with Crippen LogP contribution in [0.2, 0.25) is 4.34 Å². The van der Waals surface area contributed by atoms with Crippen molar-refractivity contribution in [3.8, 4) is 0 Å². The van der Waals surface area contributed by atoms with Crippen LogP contribution < -0.4 is 4.72 Å². The van der Waals surface area contributed by atoms with Gasteiger partial charge in [-0.15, -0.1) is 11.3 Å². The molecule has 1 N–H and O–H groups in total. The van der Waals surface area contributed by atoms with Gasteiger partial charge in [0.25, 0.3) is 0 Å². The molecule has 1 aromatic heterocycles. The predicted molar refractivity (Wildman–Crippen MR) is 80.6 cm³/mol. The highest BCUT2D eigenvalue weighted by Gasteiger charge is 2.25. The van der Waals surface area contributed by atoms with E-state index in [0.29, 0.717) is 9.21 Å². The molecule has 0 bridgehead atoms. The standard InChI is InChI=1S/C13H12ClF2NO3S2/c1-20-10(11-5-6-12(14)21-11)7-17-22(18,19)13-8(15)3-2-4-9(13)16/h2-6,10,17H,7H2,1H3/t10-/m0/s1. The summed E-state index contributed by atoms with van der Waals surface area (Å²) in [6.07, 6.45) is -0.609. The summed E-state index contributed by atoms with van der Waals surface area (Å²) in [7, 11) is -2.94. The van der Waals surface area contributed by atoms with Crippen LogP contribution in [-0.4, -0.2) is 22.1 Å². The van der Waals surface area contributed by atoms with Crippen molar-refractivity contribution >= 4 is 33.0 Å². The smallest absolute Gasteiger partial charge is 0.246 e. The zero-order valence-electron chi connectivity index (χ0n) is 11.3. The molecule has 2 rings (SSSR count). The molecule has 0 fully saturated rings. The summed E-state index contributed by atoms with van der Waals surface area (Å²) >= 11 is 7.04. The summed E-state index contributed by atoms with van der Waals surface area (Å²) in [6, 6.07) is 6.20. The molecule has 0 saturated heterocycles. The molecule has 0 unspecified atom stereocenters. The number of rotatable bonds is 6. The molecule has 0 spiro atoms. The van der Waals surface area contributed by atoms with Crippen LogP contribution in [0.4, 0.5) is 8.78 Å². The van der Waals surface area contributed by atoms with Gasteiger partial charge in [0.15, 0.2) is 4.90 Å². The van der Waals surface area contributed by atoms with Crippen molar-refractivity contribution in [1.82, 2.24) is 4.72 Å². The van der Waals surface area contributed by atoms with E-state index in [1.54, 1.807) is 12.1 Å². The van der Waals surface area contributed by atoms with Gasteiger partial charge in [-0.3, -0.25) is 0 Å². The number of halogens is 3. The maximum absolute atomic E-state index is 13.6. The Bertz CT molecular complexity index is 744. The van der Waals surface area contributed by atoms with E-state index in [4.69, 9.17) is 16.3 Å². The van der Waals surface area contributed by atoms with Gasteiger partial charge >= 0.3 is 0 Å². The first kappa shape index (κ1) is 17.3. The van der Waals surface area contributed by atoms with E-state index in [0.717, 1.165) is 18.2 Å². The lowest BCUT2D eigenvalue weighted by atomic mass is 10.3. The Morgan fingerprint density at radius 3 is 2.41 bits per heavy atom. The third kappa shape index (κ3) is 3.82. The van der Waals surface area contributed by atoms with Gasteiger partial charge in [0.2, 0.25) is 10.0 Å². The van der Waals surface area contributed by atoms with Crippen molar-refractivity contribution in [2.75, 3.05) is 13.7 Å². The van der Waals surface area contributed by atoms with Gasteiger partial charge in [0.1, 0.15) is 17.7 Å². The predicted octanol–water partition coefficient (Wildman–Crippen LogP) is 3.35. The minimum absolute atomic E-state index is 0.177. The average molecular weight is 368 g/mol. The second-order valence-electron chi connectivity index (χ2n) is 4.27. The molecule has 0 aliphatic carbocycles. The van der Waals surface area contributed by atoms with Crippen LogP contribution in [0.15, 0.2) is 35.2 Å². The Kier molecular flexibility index (Phi) is 5.51. The molecular weight excluding hydrogens is 356 g/mol. The summed E-state index contributed by atoms with van der Waals surface area (Å²) in [4.78, 5) is -0.307. The van der Waals surface area contributed by atoms with Crippen molar-refractivity contribution in [3.63, 3.8) is 0 Å². The molecular formula is C13H12ClF2NO3S2. The Hall–Kier alpha value is -1.06. The van der Waals surface area contributed by atoms with E-state index in [-0.39, 0.29) is 6.54 Å². The van der Waals surface area contributed by atoms with Crippen LogP contribution in [0.5, 0.6) is 0 Å². The van der Waals surface area contributed by atoms with Gasteiger partial charge in [-0.1, -0.05) is 17.7 Å². The van der Waals surface area contributed by atoms with Crippen LogP contribution in [-0.2, 0) is 14.8 Å². The number of benzene rings is 1. The first-order valence-corrected chi connectivity index (χ1v) is 8.74. The number of thiophene rings is 1. The molecule has 1 heterocycles. The Balaban J connectivity index is 2.19. The minimum Gasteiger partial charge on any atom is -0.375 e. The molecule has 22 heavy (non-hydrogen) atoms. The summed E-state index contributed by atoms with van der Waals surface area (Å²) in [6.45, 7) is -0.177. The van der Waals surface area contributed by atoms with Crippen LogP contribution in [0.25, 0.3) is 0 Å². The van der Waals surface area contributed by atoms with Gasteiger partial charge in [0, 0.05) is 18.5 Å². The van der Waals surface area contributed by atoms with Crippen LogP contribution in [0.1, 0.15) is 11.0 Å². The molecule has 0 amide bonds. The van der Waals surface area contributed by atoms with Crippen molar-refractivity contribution in [1.29, 1.82) is 0 Å². The molecule has 0 aliphatic heterocycles. The quantitative estimate of drug-likeness (QED) is 0.851. The largest absolute Gasteiger partial charge is 0.375 e. The Morgan fingerprint density at radius 1 is 1.27 bits per heavy atom. The molecule has 4 nitrogen and oxygen atoms in total. The highest BCUT2D eigenvalue weighted by molar-refractivity contribution is 7.89. The Morgan fingerprint density at radius 2 is 1.91 bits per heavy atom. The van der Waals surface area contributed by atoms with Crippen LogP contribution >= 0.6 is 22.9 Å². The number of sulfonamides is 1. The molecule has 1 atom stereocenters. The SMILES string of the molecule is CO[C@@H](CNS(=O)(=O)c1c(F)cccc1F)c1ccc(Cl)s1. The molecule has 0 aliphatic rings. The van der Waals surface area contributed by atoms with Crippen molar-refractivity contribution in [2.45, 2.75) is 11.0 Å². The lowest BCUT2D eigenvalue weighted by molar-refractivity contribution is 0.110. The van der Waals surface area contributed by atoms with E-state index < -0.39 is 32.7 Å². The maximum atomic E-state index is 13.6. The van der Waals surface area contributed by atoms with Gasteiger partial charge in [-0.25, -0.2) is 21.9 Å². The molecule has 2 aromatic rings. The third-order valence-corrected chi connectivity index (χ3v) is 5.64. The average Bonchev–Trinajstić information content (AvgIpc) is 2.85. The van der Waals surface area contributed by atoms with Gasteiger partial charge in [0.05, 0.1) is 4.34 Å². The molecule has 0 radical (unpaired) electrons.